The van der Waals surface area contributed by atoms with Gasteiger partial charge in [0.2, 0.25) is 0 Å². The number of rotatable bonds is 7. The Morgan fingerprint density at radius 2 is 1.17 bits per heavy atom. The Kier molecular flexibility index (Phi) is 9.16. The van der Waals surface area contributed by atoms with E-state index in [9.17, 15) is 0 Å². The molecule has 4 bridgehead atoms. The third-order valence-corrected chi connectivity index (χ3v) is 15.7. The van der Waals surface area contributed by atoms with Gasteiger partial charge in [0, 0.05) is 77.5 Å². The Hall–Kier alpha value is -6.62. The fraction of sp³-hybridized carbons (Fsp3) is 0.186. The molecule has 3 aromatic heterocycles. The molecular weight excluding hydrogens is 990 g/mol. The van der Waals surface area contributed by atoms with Gasteiger partial charge in [-0.1, -0.05) is 84.4 Å². The summed E-state index contributed by atoms with van der Waals surface area (Å²) in [7, 11) is 2.07. The van der Waals surface area contributed by atoms with Gasteiger partial charge >= 0.3 is 0 Å². The third-order valence-electron chi connectivity index (χ3n) is 15.7. The van der Waals surface area contributed by atoms with E-state index in [0.29, 0.717) is 23.3 Å². The van der Waals surface area contributed by atoms with Crippen LogP contribution in [0.25, 0.3) is 55.1 Å². The van der Waals surface area contributed by atoms with Crippen molar-refractivity contribution in [1.29, 1.82) is 0 Å². The zero-order chi connectivity index (χ0) is 42.8. The Morgan fingerprint density at radius 3 is 1.86 bits per heavy atom. The van der Waals surface area contributed by atoms with Gasteiger partial charge in [-0.15, -0.1) is 41.4 Å². The van der Waals surface area contributed by atoms with E-state index in [1.165, 1.54) is 76.1 Å². The Balaban J connectivity index is 0.00000435. The molecular formula is C59H46N5OPt-3. The summed E-state index contributed by atoms with van der Waals surface area (Å²) in [5.74, 6) is 5.01. The van der Waals surface area contributed by atoms with Crippen LogP contribution in [0.5, 0.6) is 11.5 Å². The van der Waals surface area contributed by atoms with Gasteiger partial charge in [0.25, 0.3) is 0 Å². The molecule has 326 valence electrons. The number of pyridine rings is 1. The van der Waals surface area contributed by atoms with Gasteiger partial charge in [-0.05, 0) is 134 Å². The van der Waals surface area contributed by atoms with Crippen LogP contribution in [0, 0.1) is 42.5 Å². The summed E-state index contributed by atoms with van der Waals surface area (Å²) in [5, 5.41) is 4.87. The third kappa shape index (κ3) is 5.86. The topological polar surface area (TPSA) is 38.5 Å². The second-order valence-electron chi connectivity index (χ2n) is 19.0. The maximum absolute atomic E-state index is 6.63. The first-order valence-corrected chi connectivity index (χ1v) is 23.3. The number of hydrogen-bond donors (Lipinski definition) is 0. The molecule has 1 aliphatic heterocycles. The molecule has 0 amide bonds. The average Bonchev–Trinajstić information content (AvgIpc) is 3.99. The smallest absolute Gasteiger partial charge is 0.135 e. The molecule has 0 radical (unpaired) electrons. The van der Waals surface area contributed by atoms with Crippen LogP contribution in [0.4, 0.5) is 17.1 Å². The van der Waals surface area contributed by atoms with Crippen LogP contribution >= 0.6 is 0 Å². The van der Waals surface area contributed by atoms with Crippen LogP contribution in [0.1, 0.15) is 43.2 Å². The maximum Gasteiger partial charge on any atom is 0.135 e. The fourth-order valence-corrected chi connectivity index (χ4v) is 13.3. The number of ether oxygens (including phenoxy) is 1. The van der Waals surface area contributed by atoms with E-state index in [0.717, 1.165) is 51.1 Å². The average molecular weight is 1040 g/mol. The molecule has 7 heteroatoms. The van der Waals surface area contributed by atoms with Crippen LogP contribution in [0.15, 0.2) is 170 Å². The minimum atomic E-state index is -0.107. The van der Waals surface area contributed by atoms with Crippen molar-refractivity contribution >= 4 is 60.7 Å². The molecule has 15 rings (SSSR count). The molecule has 0 N–H and O–H groups in total. The number of fused-ring (bicyclic) bond motifs is 7. The second-order valence-corrected chi connectivity index (χ2v) is 19.0. The van der Waals surface area contributed by atoms with Gasteiger partial charge in [0.05, 0.1) is 11.0 Å². The Bertz CT molecular complexity index is 3430. The van der Waals surface area contributed by atoms with Gasteiger partial charge in [-0.3, -0.25) is 0 Å². The molecule has 4 aliphatic carbocycles. The standard InChI is InChI=1S/C59H46N5O.Pt/c1-61-37-62(56-20-9-8-19-55(56)61)45-11-10-12-46(35-45)65-47-25-26-51-50-15-4-7-18-54(50)64(57(51)36-47)58-34-41(27-28-60-58)59(42-30-38-29-39(32-42)33-43(59)31-38)40-21-23-44(24-22-40)63-52-16-5-2-13-48(52)49-14-3-6-17-53(49)63;/h2-28,34,37-39,42-43H,29-33H2,1H3;/q-3;. The molecule has 0 spiro atoms. The molecule has 66 heavy (non-hydrogen) atoms. The second kappa shape index (κ2) is 15.2. The van der Waals surface area contributed by atoms with Crippen molar-refractivity contribution < 1.29 is 25.8 Å². The van der Waals surface area contributed by atoms with Crippen LogP contribution in [-0.4, -0.2) is 21.2 Å². The largest absolute Gasteiger partial charge is 0.509 e. The molecule has 4 heterocycles. The van der Waals surface area contributed by atoms with Crippen molar-refractivity contribution in [2.24, 2.45) is 23.7 Å². The Labute approximate surface area is 399 Å². The van der Waals surface area contributed by atoms with Crippen molar-refractivity contribution in [3.8, 4) is 23.0 Å². The first-order valence-electron chi connectivity index (χ1n) is 23.3. The van der Waals surface area contributed by atoms with Crippen molar-refractivity contribution in [2.75, 3.05) is 16.8 Å². The van der Waals surface area contributed by atoms with Crippen LogP contribution in [-0.2, 0) is 26.5 Å². The zero-order valence-corrected chi connectivity index (χ0v) is 38.8. The minimum Gasteiger partial charge on any atom is -0.509 e. The number of anilines is 3. The molecule has 0 unspecified atom stereocenters. The SMILES string of the molecule is CN1[CH-]N(c2[c-]c(Oc3[c-]c4c(cc3)c3ccccc3n4-c3cc(C4(c5ccc(-n6c7ccccc7c7ccccc76)cc5)C5CC6CC(C5)CC4C6)ccn3)ccc2)c2ccccc21.[Pt]. The molecule has 7 aromatic carbocycles. The van der Waals surface area contributed by atoms with E-state index in [1.807, 2.05) is 18.2 Å². The number of benzene rings is 7. The summed E-state index contributed by atoms with van der Waals surface area (Å²) >= 11 is 0. The van der Waals surface area contributed by atoms with Gasteiger partial charge < -0.3 is 23.7 Å². The number of aromatic nitrogens is 3. The molecule has 0 atom stereocenters. The fourth-order valence-electron chi connectivity index (χ4n) is 13.3. The summed E-state index contributed by atoms with van der Waals surface area (Å²) in [6.07, 6.45) is 8.64. The van der Waals surface area contributed by atoms with Gasteiger partial charge in [-0.25, -0.2) is 4.98 Å². The van der Waals surface area contributed by atoms with E-state index in [-0.39, 0.29) is 26.5 Å². The molecule has 0 saturated heterocycles. The maximum atomic E-state index is 6.63. The molecule has 6 nitrogen and oxygen atoms in total. The first-order chi connectivity index (χ1) is 32.1. The minimum absolute atomic E-state index is 0. The number of hydrogen-bond acceptors (Lipinski definition) is 4. The first kappa shape index (κ1) is 39.7. The van der Waals surface area contributed by atoms with Gasteiger partial charge in [0.15, 0.2) is 0 Å². The molecule has 5 aliphatic rings. The van der Waals surface area contributed by atoms with Crippen molar-refractivity contribution in [3.05, 3.63) is 200 Å². The summed E-state index contributed by atoms with van der Waals surface area (Å²) in [6.45, 7) is 2.09. The number of para-hydroxylation sites is 5. The van der Waals surface area contributed by atoms with Gasteiger partial charge in [0.1, 0.15) is 5.82 Å². The monoisotopic (exact) mass is 1040 g/mol. The van der Waals surface area contributed by atoms with E-state index < -0.39 is 0 Å². The predicted molar refractivity (Wildman–Crippen MR) is 263 cm³/mol. The van der Waals surface area contributed by atoms with Crippen molar-refractivity contribution in [2.45, 2.75) is 37.5 Å². The van der Waals surface area contributed by atoms with E-state index in [4.69, 9.17) is 9.72 Å². The molecule has 4 fully saturated rings. The van der Waals surface area contributed by atoms with Crippen LogP contribution < -0.4 is 14.5 Å². The van der Waals surface area contributed by atoms with E-state index >= 15 is 0 Å². The van der Waals surface area contributed by atoms with Crippen molar-refractivity contribution in [1.82, 2.24) is 14.1 Å². The van der Waals surface area contributed by atoms with Crippen LogP contribution in [0.3, 0.4) is 0 Å². The summed E-state index contributed by atoms with van der Waals surface area (Å²) in [6, 6.07) is 66.7. The van der Waals surface area contributed by atoms with E-state index in [1.54, 1.807) is 0 Å². The van der Waals surface area contributed by atoms with Gasteiger partial charge in [-0.2, -0.15) is 18.8 Å². The summed E-state index contributed by atoms with van der Waals surface area (Å²) in [5.41, 5.74) is 11.6. The quantitative estimate of drug-likeness (QED) is 0.149. The summed E-state index contributed by atoms with van der Waals surface area (Å²) < 4.78 is 11.4. The molecule has 4 saturated carbocycles. The predicted octanol–water partition coefficient (Wildman–Crippen LogP) is 14.1. The normalized spacial score (nSPS) is 21.8. The Morgan fingerprint density at radius 1 is 0.561 bits per heavy atom. The van der Waals surface area contributed by atoms with Crippen molar-refractivity contribution in [3.63, 3.8) is 0 Å². The summed E-state index contributed by atoms with van der Waals surface area (Å²) in [4.78, 5) is 9.49. The molecule has 10 aromatic rings. The van der Waals surface area contributed by atoms with Crippen LogP contribution in [0.2, 0.25) is 0 Å². The zero-order valence-electron chi connectivity index (χ0n) is 36.5. The van der Waals surface area contributed by atoms with E-state index in [2.05, 4.69) is 197 Å². The number of nitrogens with zero attached hydrogens (tertiary/aromatic N) is 5.